The Balaban J connectivity index is 1.49. The summed E-state index contributed by atoms with van der Waals surface area (Å²) in [6.45, 7) is 9.40. The molecule has 0 radical (unpaired) electrons. The molecule has 3 heterocycles. The molecule has 0 atom stereocenters. The van der Waals surface area contributed by atoms with Crippen molar-refractivity contribution in [1.29, 1.82) is 0 Å². The molecule has 0 spiro atoms. The van der Waals surface area contributed by atoms with Gasteiger partial charge in [-0.3, -0.25) is 9.69 Å². The molecule has 158 valence electrons. The van der Waals surface area contributed by atoms with Gasteiger partial charge in [0.15, 0.2) is 5.65 Å². The van der Waals surface area contributed by atoms with Gasteiger partial charge in [-0.05, 0) is 45.0 Å². The van der Waals surface area contributed by atoms with E-state index >= 15 is 0 Å². The summed E-state index contributed by atoms with van der Waals surface area (Å²) in [5, 5.41) is 5.23. The van der Waals surface area contributed by atoms with Crippen molar-refractivity contribution in [3.63, 3.8) is 0 Å². The number of piperazine rings is 1. The zero-order valence-electron chi connectivity index (χ0n) is 17.8. The number of carbonyl (C=O) groups excluding carboxylic acids is 1. The van der Waals surface area contributed by atoms with Crippen molar-refractivity contribution < 1.29 is 9.53 Å². The topological polar surface area (TPSA) is 63.0 Å². The smallest absolute Gasteiger partial charge is 0.259 e. The lowest BCUT2D eigenvalue weighted by Gasteiger charge is -2.35. The van der Waals surface area contributed by atoms with Crippen molar-refractivity contribution in [3.05, 3.63) is 57.5 Å². The number of aryl methyl sites for hydroxylation is 3. The fourth-order valence-corrected chi connectivity index (χ4v) is 4.25. The second-order valence-corrected chi connectivity index (χ2v) is 8.20. The minimum atomic E-state index is -0.0000129. The molecule has 0 aliphatic carbocycles. The molecular formula is C22H26ClN5O2. The first-order valence-corrected chi connectivity index (χ1v) is 10.4. The molecule has 0 bridgehead atoms. The molecule has 3 aromatic rings. The minimum Gasteiger partial charge on any atom is -0.496 e. The number of halogens is 1. The lowest BCUT2D eigenvalue weighted by molar-refractivity contribution is 0.0628. The Morgan fingerprint density at radius 3 is 2.57 bits per heavy atom. The molecule has 2 aromatic heterocycles. The van der Waals surface area contributed by atoms with E-state index in [0.29, 0.717) is 35.0 Å². The standard InChI is InChI=1S/C22H26ClN5O2/c1-14-11-15(2)28-21(24-14)20(16(3)25-28)22(29)27-9-7-26(8-10-27)13-17-12-18(23)5-6-19(17)30-4/h5-6,11-12H,7-10,13H2,1-4H3. The third-order valence-electron chi connectivity index (χ3n) is 5.58. The summed E-state index contributed by atoms with van der Waals surface area (Å²) in [5.74, 6) is 0.830. The fourth-order valence-electron chi connectivity index (χ4n) is 4.06. The average Bonchev–Trinajstić information content (AvgIpc) is 3.04. The van der Waals surface area contributed by atoms with Crippen molar-refractivity contribution in [3.8, 4) is 5.75 Å². The van der Waals surface area contributed by atoms with Crippen LogP contribution in [0.15, 0.2) is 24.3 Å². The Hall–Kier alpha value is -2.64. The Labute approximate surface area is 181 Å². The van der Waals surface area contributed by atoms with E-state index in [1.165, 1.54) is 0 Å². The van der Waals surface area contributed by atoms with Gasteiger partial charge < -0.3 is 9.64 Å². The van der Waals surface area contributed by atoms with Crippen LogP contribution in [0.3, 0.4) is 0 Å². The number of methoxy groups -OCH3 is 1. The van der Waals surface area contributed by atoms with Crippen molar-refractivity contribution >= 4 is 23.2 Å². The van der Waals surface area contributed by atoms with Gasteiger partial charge in [0, 0.05) is 54.7 Å². The van der Waals surface area contributed by atoms with Crippen LogP contribution in [0.25, 0.3) is 5.65 Å². The third-order valence-corrected chi connectivity index (χ3v) is 5.82. The maximum atomic E-state index is 13.3. The molecule has 1 saturated heterocycles. The van der Waals surface area contributed by atoms with E-state index in [1.54, 1.807) is 11.6 Å². The highest BCUT2D eigenvalue weighted by Gasteiger charge is 2.27. The lowest BCUT2D eigenvalue weighted by atomic mass is 10.1. The van der Waals surface area contributed by atoms with E-state index in [0.717, 1.165) is 42.3 Å². The first-order chi connectivity index (χ1) is 14.4. The molecule has 7 nitrogen and oxygen atoms in total. The number of fused-ring (bicyclic) bond motifs is 1. The zero-order valence-corrected chi connectivity index (χ0v) is 18.5. The van der Waals surface area contributed by atoms with Crippen molar-refractivity contribution in [2.45, 2.75) is 27.3 Å². The molecule has 0 saturated carbocycles. The number of amides is 1. The van der Waals surface area contributed by atoms with Gasteiger partial charge in [-0.15, -0.1) is 0 Å². The molecule has 1 aliphatic rings. The Morgan fingerprint density at radius 1 is 1.13 bits per heavy atom. The SMILES string of the molecule is COc1ccc(Cl)cc1CN1CCN(C(=O)c2c(C)nn3c(C)cc(C)nc23)CC1. The molecule has 30 heavy (non-hydrogen) atoms. The van der Waals surface area contributed by atoms with E-state index in [-0.39, 0.29) is 5.91 Å². The van der Waals surface area contributed by atoms with Crippen molar-refractivity contribution in [2.75, 3.05) is 33.3 Å². The maximum absolute atomic E-state index is 13.3. The highest BCUT2D eigenvalue weighted by molar-refractivity contribution is 6.30. The van der Waals surface area contributed by atoms with Gasteiger partial charge in [0.1, 0.15) is 11.3 Å². The molecule has 1 amide bonds. The first-order valence-electron chi connectivity index (χ1n) is 10.0. The number of hydrogen-bond acceptors (Lipinski definition) is 5. The van der Waals surface area contributed by atoms with E-state index in [2.05, 4.69) is 15.0 Å². The number of rotatable bonds is 4. The van der Waals surface area contributed by atoms with Crippen LogP contribution in [0.4, 0.5) is 0 Å². The van der Waals surface area contributed by atoms with Crippen LogP contribution in [0, 0.1) is 20.8 Å². The molecule has 0 N–H and O–H groups in total. The predicted octanol–water partition coefficient (Wildman–Crippen LogP) is 3.27. The van der Waals surface area contributed by atoms with Gasteiger partial charge in [0.05, 0.1) is 12.8 Å². The van der Waals surface area contributed by atoms with Gasteiger partial charge in [-0.1, -0.05) is 11.6 Å². The van der Waals surface area contributed by atoms with Gasteiger partial charge in [0.2, 0.25) is 0 Å². The second kappa shape index (κ2) is 8.24. The lowest BCUT2D eigenvalue weighted by Crippen LogP contribution is -2.48. The summed E-state index contributed by atoms with van der Waals surface area (Å²) in [4.78, 5) is 22.1. The summed E-state index contributed by atoms with van der Waals surface area (Å²) in [6, 6.07) is 7.63. The monoisotopic (exact) mass is 427 g/mol. The Kier molecular flexibility index (Phi) is 5.66. The van der Waals surface area contributed by atoms with Crippen LogP contribution < -0.4 is 4.74 Å². The summed E-state index contributed by atoms with van der Waals surface area (Å²) in [5.41, 5.74) is 4.87. The number of carbonyl (C=O) groups is 1. The molecule has 8 heteroatoms. The van der Waals surface area contributed by atoms with Crippen molar-refractivity contribution in [2.24, 2.45) is 0 Å². The zero-order chi connectivity index (χ0) is 21.4. The summed E-state index contributed by atoms with van der Waals surface area (Å²) in [7, 11) is 1.67. The largest absolute Gasteiger partial charge is 0.496 e. The summed E-state index contributed by atoms with van der Waals surface area (Å²) < 4.78 is 7.22. The molecule has 1 fully saturated rings. The van der Waals surface area contributed by atoms with Gasteiger partial charge in [-0.25, -0.2) is 9.50 Å². The van der Waals surface area contributed by atoms with Crippen molar-refractivity contribution in [1.82, 2.24) is 24.4 Å². The van der Waals surface area contributed by atoms with Crippen LogP contribution in [0.2, 0.25) is 5.02 Å². The number of ether oxygens (including phenoxy) is 1. The molecule has 0 unspecified atom stereocenters. The van der Waals surface area contributed by atoms with Crippen LogP contribution in [0.5, 0.6) is 5.75 Å². The Morgan fingerprint density at radius 2 is 1.87 bits per heavy atom. The number of benzene rings is 1. The third kappa shape index (κ3) is 3.87. The average molecular weight is 428 g/mol. The number of hydrogen-bond donors (Lipinski definition) is 0. The van der Waals surface area contributed by atoms with Crippen LogP contribution in [-0.4, -0.2) is 63.6 Å². The fraction of sp³-hybridized carbons (Fsp3) is 0.409. The van der Waals surface area contributed by atoms with E-state index in [9.17, 15) is 4.79 Å². The molecule has 1 aliphatic heterocycles. The number of aromatic nitrogens is 3. The van der Waals surface area contributed by atoms with E-state index in [1.807, 2.05) is 49.9 Å². The van der Waals surface area contributed by atoms with Crippen LogP contribution in [0.1, 0.15) is 33.0 Å². The highest BCUT2D eigenvalue weighted by atomic mass is 35.5. The van der Waals surface area contributed by atoms with Crippen LogP contribution in [-0.2, 0) is 6.54 Å². The summed E-state index contributed by atoms with van der Waals surface area (Å²) >= 11 is 6.16. The second-order valence-electron chi connectivity index (χ2n) is 7.76. The predicted molar refractivity (Wildman–Crippen MR) is 116 cm³/mol. The summed E-state index contributed by atoms with van der Waals surface area (Å²) in [6.07, 6.45) is 0. The molecular weight excluding hydrogens is 402 g/mol. The van der Waals surface area contributed by atoms with Crippen LogP contribution >= 0.6 is 11.6 Å². The Bertz CT molecular complexity index is 1100. The molecule has 1 aromatic carbocycles. The number of nitrogens with zero attached hydrogens (tertiary/aromatic N) is 5. The highest BCUT2D eigenvalue weighted by Crippen LogP contribution is 2.25. The minimum absolute atomic E-state index is 0.0000129. The first kappa shape index (κ1) is 20.6. The van der Waals surface area contributed by atoms with E-state index in [4.69, 9.17) is 16.3 Å². The van der Waals surface area contributed by atoms with Gasteiger partial charge in [0.25, 0.3) is 5.91 Å². The van der Waals surface area contributed by atoms with Gasteiger partial charge in [-0.2, -0.15) is 5.10 Å². The normalized spacial score (nSPS) is 15.0. The van der Waals surface area contributed by atoms with E-state index < -0.39 is 0 Å². The van der Waals surface area contributed by atoms with Gasteiger partial charge >= 0.3 is 0 Å². The molecule has 4 rings (SSSR count). The maximum Gasteiger partial charge on any atom is 0.259 e. The quantitative estimate of drug-likeness (QED) is 0.639.